The predicted octanol–water partition coefficient (Wildman–Crippen LogP) is 2.29. The van der Waals surface area contributed by atoms with E-state index in [2.05, 4.69) is 10.6 Å². The third-order valence-electron chi connectivity index (χ3n) is 5.55. The smallest absolute Gasteiger partial charge is 0.341 e. The van der Waals surface area contributed by atoms with Gasteiger partial charge in [-0.3, -0.25) is 14.5 Å². The molecule has 0 radical (unpaired) electrons. The van der Waals surface area contributed by atoms with Crippen molar-refractivity contribution in [1.82, 2.24) is 10.2 Å². The molecular weight excluding hydrogens is 438 g/mol. The van der Waals surface area contributed by atoms with Crippen LogP contribution in [0.2, 0.25) is 0 Å². The van der Waals surface area contributed by atoms with Crippen LogP contribution in [0.1, 0.15) is 33.3 Å². The number of urea groups is 1. The highest BCUT2D eigenvalue weighted by Crippen LogP contribution is 2.38. The normalized spacial score (nSPS) is 19.2. The topological polar surface area (TPSA) is 123 Å². The summed E-state index contributed by atoms with van der Waals surface area (Å²) in [5, 5.41) is 5.58. The van der Waals surface area contributed by atoms with Gasteiger partial charge in [-0.05, 0) is 44.0 Å². The van der Waals surface area contributed by atoms with Gasteiger partial charge in [-0.1, -0.05) is 6.07 Å². The van der Waals surface area contributed by atoms with Crippen molar-refractivity contribution in [3.05, 3.63) is 39.8 Å². The molecular formula is C21H21N3O7S. The van der Waals surface area contributed by atoms with E-state index in [1.807, 2.05) is 6.92 Å². The fourth-order valence-electron chi connectivity index (χ4n) is 3.62. The fourth-order valence-corrected chi connectivity index (χ4v) is 4.68. The summed E-state index contributed by atoms with van der Waals surface area (Å²) in [4.78, 5) is 52.1. The van der Waals surface area contributed by atoms with E-state index >= 15 is 0 Å². The van der Waals surface area contributed by atoms with Crippen LogP contribution in [0, 0.1) is 13.8 Å². The number of anilines is 1. The number of ether oxygens (including phenoxy) is 3. The molecule has 4 rings (SSSR count). The third-order valence-corrected chi connectivity index (χ3v) is 6.68. The number of amides is 4. The van der Waals surface area contributed by atoms with E-state index in [0.29, 0.717) is 27.6 Å². The summed E-state index contributed by atoms with van der Waals surface area (Å²) in [7, 11) is 1.25. The van der Waals surface area contributed by atoms with Gasteiger partial charge in [-0.25, -0.2) is 9.59 Å². The lowest BCUT2D eigenvalue weighted by molar-refractivity contribution is -0.133. The third kappa shape index (κ3) is 3.44. The van der Waals surface area contributed by atoms with Gasteiger partial charge in [0.1, 0.15) is 17.1 Å². The van der Waals surface area contributed by atoms with Crippen LogP contribution in [0.15, 0.2) is 18.2 Å². The lowest BCUT2D eigenvalue weighted by atomic mass is 9.91. The number of carbonyl (C=O) groups is 4. The largest absolute Gasteiger partial charge is 0.465 e. The Hall–Kier alpha value is -3.60. The van der Waals surface area contributed by atoms with Crippen LogP contribution in [0.3, 0.4) is 0 Å². The highest BCUT2D eigenvalue weighted by Gasteiger charge is 2.50. The zero-order valence-corrected chi connectivity index (χ0v) is 18.7. The Labute approximate surface area is 187 Å². The van der Waals surface area contributed by atoms with E-state index in [1.54, 1.807) is 32.0 Å². The van der Waals surface area contributed by atoms with Crippen molar-refractivity contribution in [2.24, 2.45) is 0 Å². The van der Waals surface area contributed by atoms with Crippen LogP contribution in [0.4, 0.5) is 9.80 Å². The Bertz CT molecular complexity index is 1160. The van der Waals surface area contributed by atoms with E-state index in [9.17, 15) is 19.2 Å². The molecule has 2 aromatic rings. The first-order chi connectivity index (χ1) is 15.2. The maximum absolute atomic E-state index is 13.1. The van der Waals surface area contributed by atoms with Gasteiger partial charge in [0.15, 0.2) is 11.5 Å². The van der Waals surface area contributed by atoms with E-state index in [-0.39, 0.29) is 12.4 Å². The van der Waals surface area contributed by atoms with Gasteiger partial charge < -0.3 is 24.8 Å². The van der Waals surface area contributed by atoms with Gasteiger partial charge in [-0.2, -0.15) is 0 Å². The second-order valence-corrected chi connectivity index (χ2v) is 8.77. The SMILES string of the molecule is COC(=O)c1c(NC(=O)CN2C(=O)NC(C)(c3ccc4c(c3)OCO4)C2=O)sc(C)c1C. The van der Waals surface area contributed by atoms with Crippen molar-refractivity contribution < 1.29 is 33.4 Å². The molecule has 10 nitrogen and oxygen atoms in total. The van der Waals surface area contributed by atoms with Crippen molar-refractivity contribution >= 4 is 40.2 Å². The summed E-state index contributed by atoms with van der Waals surface area (Å²) in [5.74, 6) is -0.750. The van der Waals surface area contributed by atoms with Gasteiger partial charge in [0.05, 0.1) is 12.7 Å². The number of nitrogens with one attached hydrogen (secondary N) is 2. The Morgan fingerprint density at radius 1 is 1.25 bits per heavy atom. The van der Waals surface area contributed by atoms with Crippen LogP contribution >= 0.6 is 11.3 Å². The minimum atomic E-state index is -1.37. The van der Waals surface area contributed by atoms with Crippen molar-refractivity contribution in [3.63, 3.8) is 0 Å². The second-order valence-electron chi connectivity index (χ2n) is 7.54. The van der Waals surface area contributed by atoms with Crippen LogP contribution in [0.5, 0.6) is 11.5 Å². The number of rotatable bonds is 5. The summed E-state index contributed by atoms with van der Waals surface area (Å²) >= 11 is 1.22. The molecule has 1 aromatic carbocycles. The van der Waals surface area contributed by atoms with Gasteiger partial charge in [-0.15, -0.1) is 11.3 Å². The second kappa shape index (κ2) is 7.83. The molecule has 2 aliphatic rings. The molecule has 11 heteroatoms. The standard InChI is InChI=1S/C21H21N3O7S/c1-10-11(2)32-17(16(10)18(26)29-4)22-15(25)8-24-19(27)21(3,23-20(24)28)12-5-6-13-14(7-12)31-9-30-13/h5-7H,8-9H2,1-4H3,(H,22,25)(H,23,28). The molecule has 0 spiro atoms. The molecule has 2 N–H and O–H groups in total. The van der Waals surface area contributed by atoms with Gasteiger partial charge in [0.25, 0.3) is 5.91 Å². The number of carbonyl (C=O) groups excluding carboxylic acids is 4. The number of esters is 1. The summed E-state index contributed by atoms with van der Waals surface area (Å²) in [5.41, 5.74) is 0.0831. The molecule has 3 heterocycles. The summed E-state index contributed by atoms with van der Waals surface area (Å²) < 4.78 is 15.4. The zero-order valence-electron chi connectivity index (χ0n) is 17.9. The predicted molar refractivity (Wildman–Crippen MR) is 114 cm³/mol. The van der Waals surface area contributed by atoms with Gasteiger partial charge >= 0.3 is 12.0 Å². The highest BCUT2D eigenvalue weighted by molar-refractivity contribution is 7.16. The molecule has 1 saturated heterocycles. The lowest BCUT2D eigenvalue weighted by Crippen LogP contribution is -2.42. The minimum Gasteiger partial charge on any atom is -0.465 e. The molecule has 2 aliphatic heterocycles. The number of imide groups is 1. The van der Waals surface area contributed by atoms with Crippen LogP contribution in [-0.2, 0) is 19.9 Å². The first-order valence-electron chi connectivity index (χ1n) is 9.68. The molecule has 1 atom stereocenters. The first kappa shape index (κ1) is 21.6. The summed E-state index contributed by atoms with van der Waals surface area (Å²) in [6.07, 6.45) is 0. The van der Waals surface area contributed by atoms with E-state index in [1.165, 1.54) is 18.4 Å². The number of thiophene rings is 1. The van der Waals surface area contributed by atoms with Crippen molar-refractivity contribution in [2.45, 2.75) is 26.3 Å². The molecule has 168 valence electrons. The Kier molecular flexibility index (Phi) is 5.29. The van der Waals surface area contributed by atoms with Crippen LogP contribution in [0.25, 0.3) is 0 Å². The number of benzene rings is 1. The van der Waals surface area contributed by atoms with Gasteiger partial charge in [0, 0.05) is 4.88 Å². The van der Waals surface area contributed by atoms with E-state index in [0.717, 1.165) is 9.78 Å². The number of aryl methyl sites for hydroxylation is 1. The lowest BCUT2D eigenvalue weighted by Gasteiger charge is -2.22. The molecule has 1 aromatic heterocycles. The maximum atomic E-state index is 13.1. The van der Waals surface area contributed by atoms with Crippen LogP contribution in [-0.4, -0.2) is 49.2 Å². The number of hydrogen-bond acceptors (Lipinski definition) is 8. The number of fused-ring (bicyclic) bond motifs is 1. The molecule has 0 saturated carbocycles. The summed E-state index contributed by atoms with van der Waals surface area (Å²) in [6.45, 7) is 4.70. The molecule has 4 amide bonds. The van der Waals surface area contributed by atoms with Crippen LogP contribution < -0.4 is 20.1 Å². The Balaban J connectivity index is 1.53. The Morgan fingerprint density at radius 2 is 1.97 bits per heavy atom. The van der Waals surface area contributed by atoms with E-state index in [4.69, 9.17) is 14.2 Å². The van der Waals surface area contributed by atoms with Gasteiger partial charge in [0.2, 0.25) is 12.7 Å². The fraction of sp³-hybridized carbons (Fsp3) is 0.333. The zero-order chi connectivity index (χ0) is 23.2. The quantitative estimate of drug-likeness (QED) is 0.519. The van der Waals surface area contributed by atoms with Crippen molar-refractivity contribution in [1.29, 1.82) is 0 Å². The van der Waals surface area contributed by atoms with E-state index < -0.39 is 35.9 Å². The average molecular weight is 459 g/mol. The molecule has 0 bridgehead atoms. The minimum absolute atomic E-state index is 0.0807. The number of hydrogen-bond donors (Lipinski definition) is 2. The van der Waals surface area contributed by atoms with Crippen molar-refractivity contribution in [2.75, 3.05) is 25.8 Å². The highest BCUT2D eigenvalue weighted by atomic mass is 32.1. The molecule has 0 aliphatic carbocycles. The maximum Gasteiger partial charge on any atom is 0.341 e. The first-order valence-corrected chi connectivity index (χ1v) is 10.5. The Morgan fingerprint density at radius 3 is 2.69 bits per heavy atom. The summed E-state index contributed by atoms with van der Waals surface area (Å²) in [6, 6.07) is 4.25. The monoisotopic (exact) mass is 459 g/mol. The number of methoxy groups -OCH3 is 1. The average Bonchev–Trinajstić information content (AvgIpc) is 3.39. The molecule has 1 fully saturated rings. The molecule has 1 unspecified atom stereocenters. The van der Waals surface area contributed by atoms with Crippen molar-refractivity contribution in [3.8, 4) is 11.5 Å². The molecule has 32 heavy (non-hydrogen) atoms. The number of nitrogens with zero attached hydrogens (tertiary/aromatic N) is 1.